The van der Waals surface area contributed by atoms with Gasteiger partial charge in [-0.3, -0.25) is 9.36 Å². The molecule has 6 nitrogen and oxygen atoms in total. The summed E-state index contributed by atoms with van der Waals surface area (Å²) in [5, 5.41) is 0.536. The topological polar surface area (TPSA) is 72.8 Å². The van der Waals surface area contributed by atoms with E-state index in [2.05, 4.69) is 15.0 Å². The summed E-state index contributed by atoms with van der Waals surface area (Å²) in [4.78, 5) is 23.7. The largest absolute Gasteiger partial charge is 0.497 e. The van der Waals surface area contributed by atoms with Crippen LogP contribution in [0.4, 0.5) is 0 Å². The summed E-state index contributed by atoms with van der Waals surface area (Å²) in [7, 11) is 1.57. The fourth-order valence-electron chi connectivity index (χ4n) is 1.92. The Balaban J connectivity index is 2.11. The van der Waals surface area contributed by atoms with Gasteiger partial charge in [-0.05, 0) is 18.2 Å². The third-order valence-electron chi connectivity index (χ3n) is 2.91. The first kappa shape index (κ1) is 11.5. The van der Waals surface area contributed by atoms with Crippen LogP contribution in [-0.2, 0) is 6.54 Å². The van der Waals surface area contributed by atoms with Crippen molar-refractivity contribution < 1.29 is 4.74 Å². The van der Waals surface area contributed by atoms with Crippen molar-refractivity contribution in [2.45, 2.75) is 6.54 Å². The number of hydrogen-bond acceptors (Lipinski definition) is 4. The number of aromatic nitrogens is 4. The van der Waals surface area contributed by atoms with Crippen molar-refractivity contribution in [2.24, 2.45) is 0 Å². The van der Waals surface area contributed by atoms with Gasteiger partial charge < -0.3 is 9.72 Å². The van der Waals surface area contributed by atoms with Gasteiger partial charge >= 0.3 is 0 Å². The molecule has 3 aromatic rings. The zero-order valence-electron chi connectivity index (χ0n) is 10.3. The molecule has 0 fully saturated rings. The lowest BCUT2D eigenvalue weighted by atomic mass is 10.2. The highest BCUT2D eigenvalue weighted by Crippen LogP contribution is 2.15. The number of ether oxygens (including phenoxy) is 1. The molecule has 0 amide bonds. The van der Waals surface area contributed by atoms with Gasteiger partial charge in [0.25, 0.3) is 5.56 Å². The van der Waals surface area contributed by atoms with E-state index in [0.29, 0.717) is 29.0 Å². The molecule has 2 heterocycles. The van der Waals surface area contributed by atoms with Gasteiger partial charge in [0.2, 0.25) is 0 Å². The number of methoxy groups -OCH3 is 1. The molecule has 0 radical (unpaired) electrons. The van der Waals surface area contributed by atoms with Crippen LogP contribution < -0.4 is 10.3 Å². The molecule has 6 heteroatoms. The molecular formula is C13H12N4O2. The average Bonchev–Trinajstić information content (AvgIpc) is 2.95. The van der Waals surface area contributed by atoms with E-state index in [0.717, 1.165) is 0 Å². The van der Waals surface area contributed by atoms with E-state index in [1.165, 1.54) is 10.9 Å². The van der Waals surface area contributed by atoms with Gasteiger partial charge in [0, 0.05) is 12.4 Å². The average molecular weight is 256 g/mol. The van der Waals surface area contributed by atoms with Crippen molar-refractivity contribution in [1.29, 1.82) is 0 Å². The number of benzene rings is 1. The lowest BCUT2D eigenvalue weighted by Crippen LogP contribution is -2.21. The van der Waals surface area contributed by atoms with Gasteiger partial charge in [-0.2, -0.15) is 0 Å². The Bertz CT molecular complexity index is 762. The van der Waals surface area contributed by atoms with Crippen LogP contribution in [0.25, 0.3) is 10.9 Å². The zero-order valence-corrected chi connectivity index (χ0v) is 10.3. The zero-order chi connectivity index (χ0) is 13.2. The Morgan fingerprint density at radius 1 is 1.37 bits per heavy atom. The van der Waals surface area contributed by atoms with Crippen LogP contribution in [0.2, 0.25) is 0 Å². The highest BCUT2D eigenvalue weighted by molar-refractivity contribution is 5.78. The van der Waals surface area contributed by atoms with Gasteiger partial charge in [-0.25, -0.2) is 9.97 Å². The molecular weight excluding hydrogens is 244 g/mol. The smallest absolute Gasteiger partial charge is 0.261 e. The highest BCUT2D eigenvalue weighted by atomic mass is 16.5. The number of aromatic amines is 1. The van der Waals surface area contributed by atoms with E-state index in [1.54, 1.807) is 37.7 Å². The lowest BCUT2D eigenvalue weighted by molar-refractivity contribution is 0.415. The Labute approximate surface area is 108 Å². The molecule has 0 aliphatic carbocycles. The number of H-pyrrole nitrogens is 1. The van der Waals surface area contributed by atoms with Gasteiger partial charge in [0.15, 0.2) is 0 Å². The molecule has 0 saturated heterocycles. The maximum absolute atomic E-state index is 12.3. The summed E-state index contributed by atoms with van der Waals surface area (Å²) in [5.74, 6) is 1.35. The second-order valence-electron chi connectivity index (χ2n) is 4.10. The number of fused-ring (bicyclic) bond motifs is 1. The van der Waals surface area contributed by atoms with E-state index in [9.17, 15) is 4.79 Å². The first-order chi connectivity index (χ1) is 9.28. The predicted octanol–water partition coefficient (Wildman–Crippen LogP) is 1.18. The van der Waals surface area contributed by atoms with Crippen LogP contribution in [0, 0.1) is 0 Å². The summed E-state index contributed by atoms with van der Waals surface area (Å²) in [6.07, 6.45) is 4.90. The Morgan fingerprint density at radius 3 is 3.00 bits per heavy atom. The molecule has 1 N–H and O–H groups in total. The number of rotatable bonds is 3. The van der Waals surface area contributed by atoms with Crippen molar-refractivity contribution in [3.8, 4) is 5.75 Å². The standard InChI is InChI=1S/C13H12N4O2/c1-19-9-2-3-11-10(6-9)13(18)17(8-16-11)7-12-14-4-5-15-12/h2-6,8H,7H2,1H3,(H,14,15). The SMILES string of the molecule is COc1ccc2ncn(Cc3ncc[nH]3)c(=O)c2c1. The van der Waals surface area contributed by atoms with Crippen molar-refractivity contribution in [1.82, 2.24) is 19.5 Å². The van der Waals surface area contributed by atoms with Crippen molar-refractivity contribution in [3.05, 3.63) is 53.1 Å². The second-order valence-corrected chi connectivity index (χ2v) is 4.10. The van der Waals surface area contributed by atoms with Crippen LogP contribution in [0.3, 0.4) is 0 Å². The third kappa shape index (κ3) is 2.08. The maximum Gasteiger partial charge on any atom is 0.261 e. The molecule has 0 aliphatic heterocycles. The van der Waals surface area contributed by atoms with E-state index in [-0.39, 0.29) is 5.56 Å². The van der Waals surface area contributed by atoms with Crippen LogP contribution >= 0.6 is 0 Å². The summed E-state index contributed by atoms with van der Waals surface area (Å²) in [5.41, 5.74) is 0.543. The minimum atomic E-state index is -0.111. The molecule has 0 atom stereocenters. The van der Waals surface area contributed by atoms with Crippen LogP contribution in [0.15, 0.2) is 41.7 Å². The number of nitrogens with zero attached hydrogens (tertiary/aromatic N) is 3. The quantitative estimate of drug-likeness (QED) is 0.763. The molecule has 2 aromatic heterocycles. The molecule has 1 aromatic carbocycles. The minimum absolute atomic E-state index is 0.111. The summed E-state index contributed by atoms with van der Waals surface area (Å²) in [6.45, 7) is 0.367. The summed E-state index contributed by atoms with van der Waals surface area (Å²) >= 11 is 0. The number of nitrogens with one attached hydrogen (secondary N) is 1. The molecule has 0 bridgehead atoms. The van der Waals surface area contributed by atoms with Crippen molar-refractivity contribution >= 4 is 10.9 Å². The first-order valence-corrected chi connectivity index (χ1v) is 5.79. The number of hydrogen-bond donors (Lipinski definition) is 1. The van der Waals surface area contributed by atoms with Crippen molar-refractivity contribution in [2.75, 3.05) is 7.11 Å². The molecule has 0 unspecified atom stereocenters. The van der Waals surface area contributed by atoms with E-state index in [1.807, 2.05) is 0 Å². The molecule has 0 spiro atoms. The van der Waals surface area contributed by atoms with Gasteiger partial charge in [-0.1, -0.05) is 0 Å². The minimum Gasteiger partial charge on any atom is -0.497 e. The van der Waals surface area contributed by atoms with Crippen LogP contribution in [-0.4, -0.2) is 26.6 Å². The molecule has 3 rings (SSSR count). The van der Waals surface area contributed by atoms with Gasteiger partial charge in [-0.15, -0.1) is 0 Å². The maximum atomic E-state index is 12.3. The predicted molar refractivity (Wildman–Crippen MR) is 70.2 cm³/mol. The normalized spacial score (nSPS) is 10.8. The summed E-state index contributed by atoms with van der Waals surface area (Å²) in [6, 6.07) is 5.25. The summed E-state index contributed by atoms with van der Waals surface area (Å²) < 4.78 is 6.64. The Morgan fingerprint density at radius 2 is 2.26 bits per heavy atom. The van der Waals surface area contributed by atoms with Crippen LogP contribution in [0.1, 0.15) is 5.82 Å². The van der Waals surface area contributed by atoms with Crippen molar-refractivity contribution in [3.63, 3.8) is 0 Å². The third-order valence-corrected chi connectivity index (χ3v) is 2.91. The fourth-order valence-corrected chi connectivity index (χ4v) is 1.92. The molecule has 0 aliphatic rings. The van der Waals surface area contributed by atoms with E-state index in [4.69, 9.17) is 4.74 Å². The highest BCUT2D eigenvalue weighted by Gasteiger charge is 2.06. The fraction of sp³-hybridized carbons (Fsp3) is 0.154. The Kier molecular flexibility index (Phi) is 2.75. The molecule has 0 saturated carbocycles. The first-order valence-electron chi connectivity index (χ1n) is 5.79. The van der Waals surface area contributed by atoms with E-state index >= 15 is 0 Å². The van der Waals surface area contributed by atoms with E-state index < -0.39 is 0 Å². The van der Waals surface area contributed by atoms with Gasteiger partial charge in [0.1, 0.15) is 11.6 Å². The molecule has 96 valence electrons. The number of imidazole rings is 1. The second kappa shape index (κ2) is 4.56. The van der Waals surface area contributed by atoms with Gasteiger partial charge in [0.05, 0.1) is 30.9 Å². The monoisotopic (exact) mass is 256 g/mol. The molecule has 19 heavy (non-hydrogen) atoms. The van der Waals surface area contributed by atoms with Crippen LogP contribution in [0.5, 0.6) is 5.75 Å². The Hall–Kier alpha value is -2.63. The lowest BCUT2D eigenvalue weighted by Gasteiger charge is -2.06.